The van der Waals surface area contributed by atoms with Crippen LogP contribution in [0.1, 0.15) is 0 Å². The first kappa shape index (κ1) is 11.1. The predicted octanol–water partition coefficient (Wildman–Crippen LogP) is 3.19. The van der Waals surface area contributed by atoms with Gasteiger partial charge < -0.3 is 13.9 Å². The highest BCUT2D eigenvalue weighted by atomic mass is 16.7. The van der Waals surface area contributed by atoms with Crippen LogP contribution in [-0.2, 0) is 0 Å². The van der Waals surface area contributed by atoms with Crippen LogP contribution in [-0.4, -0.2) is 6.79 Å². The second-order valence-electron chi connectivity index (χ2n) is 4.51. The van der Waals surface area contributed by atoms with Crippen LogP contribution in [0.3, 0.4) is 0 Å². The first-order valence-electron chi connectivity index (χ1n) is 6.24. The van der Waals surface area contributed by atoms with E-state index in [4.69, 9.17) is 13.9 Å². The summed E-state index contributed by atoms with van der Waals surface area (Å²) in [5.41, 5.74) is 1.67. The summed E-state index contributed by atoms with van der Waals surface area (Å²) in [6, 6.07) is 12.7. The summed E-state index contributed by atoms with van der Waals surface area (Å²) in [6.45, 7) is 0.172. The summed E-state index contributed by atoms with van der Waals surface area (Å²) in [5, 5.41) is 0.557. The Morgan fingerprint density at radius 1 is 0.900 bits per heavy atom. The van der Waals surface area contributed by atoms with Crippen LogP contribution in [0.25, 0.3) is 22.1 Å². The first-order valence-corrected chi connectivity index (χ1v) is 6.24. The zero-order valence-electron chi connectivity index (χ0n) is 10.5. The van der Waals surface area contributed by atoms with Gasteiger partial charge in [0.25, 0.3) is 0 Å². The van der Waals surface area contributed by atoms with Crippen LogP contribution < -0.4 is 14.9 Å². The minimum atomic E-state index is -0.0734. The SMILES string of the molecule is O=c1c(-c2cccc3c2OCO3)coc2ccccc12. The molecular formula is C16H10O4. The van der Waals surface area contributed by atoms with Gasteiger partial charge in [0.1, 0.15) is 11.8 Å². The predicted molar refractivity (Wildman–Crippen MR) is 74.0 cm³/mol. The fourth-order valence-electron chi connectivity index (χ4n) is 2.41. The van der Waals surface area contributed by atoms with Crippen molar-refractivity contribution in [1.29, 1.82) is 0 Å². The standard InChI is InChI=1S/C16H10O4/c17-15-11-4-1-2-6-13(11)18-8-12(15)10-5-3-7-14-16(10)20-9-19-14/h1-8H,9H2. The van der Waals surface area contributed by atoms with Crippen molar-refractivity contribution in [1.82, 2.24) is 0 Å². The van der Waals surface area contributed by atoms with Crippen LogP contribution >= 0.6 is 0 Å². The van der Waals surface area contributed by atoms with Gasteiger partial charge >= 0.3 is 0 Å². The summed E-state index contributed by atoms with van der Waals surface area (Å²) < 4.78 is 16.3. The molecule has 0 saturated carbocycles. The Labute approximate surface area is 114 Å². The third-order valence-corrected chi connectivity index (χ3v) is 3.37. The molecule has 1 aliphatic heterocycles. The number of fused-ring (bicyclic) bond motifs is 2. The topological polar surface area (TPSA) is 48.7 Å². The molecule has 0 bridgehead atoms. The zero-order chi connectivity index (χ0) is 13.5. The molecule has 0 unspecified atom stereocenters. The molecule has 0 spiro atoms. The van der Waals surface area contributed by atoms with E-state index >= 15 is 0 Å². The summed E-state index contributed by atoms with van der Waals surface area (Å²) >= 11 is 0. The Kier molecular flexibility index (Phi) is 2.29. The van der Waals surface area contributed by atoms with Crippen molar-refractivity contribution in [2.24, 2.45) is 0 Å². The molecule has 3 aromatic rings. The molecule has 1 aromatic heterocycles. The van der Waals surface area contributed by atoms with Crippen molar-refractivity contribution in [3.63, 3.8) is 0 Å². The quantitative estimate of drug-likeness (QED) is 0.678. The van der Waals surface area contributed by atoms with Crippen molar-refractivity contribution >= 4 is 11.0 Å². The average molecular weight is 266 g/mol. The molecule has 0 atom stereocenters. The van der Waals surface area contributed by atoms with Gasteiger partial charge in [-0.15, -0.1) is 0 Å². The molecule has 98 valence electrons. The van der Waals surface area contributed by atoms with Crippen molar-refractivity contribution < 1.29 is 13.9 Å². The Balaban J connectivity index is 2.02. The van der Waals surface area contributed by atoms with Crippen molar-refractivity contribution in [3.05, 3.63) is 59.0 Å². The smallest absolute Gasteiger partial charge is 0.231 e. The highest BCUT2D eigenvalue weighted by molar-refractivity contribution is 5.83. The van der Waals surface area contributed by atoms with Gasteiger partial charge in [-0.05, 0) is 18.2 Å². The van der Waals surface area contributed by atoms with E-state index < -0.39 is 0 Å². The largest absolute Gasteiger partial charge is 0.463 e. The summed E-state index contributed by atoms with van der Waals surface area (Å²) in [4.78, 5) is 12.6. The van der Waals surface area contributed by atoms with Crippen molar-refractivity contribution in [2.75, 3.05) is 6.79 Å². The summed E-state index contributed by atoms with van der Waals surface area (Å²) in [7, 11) is 0. The molecule has 0 radical (unpaired) electrons. The van der Waals surface area contributed by atoms with Gasteiger partial charge in [0.15, 0.2) is 11.5 Å². The van der Waals surface area contributed by atoms with Gasteiger partial charge in [0.2, 0.25) is 12.2 Å². The first-order chi connectivity index (χ1) is 9.84. The van der Waals surface area contributed by atoms with Gasteiger partial charge in [-0.1, -0.05) is 24.3 Å². The van der Waals surface area contributed by atoms with Crippen LogP contribution in [0.2, 0.25) is 0 Å². The molecule has 0 amide bonds. The van der Waals surface area contributed by atoms with Gasteiger partial charge in [-0.25, -0.2) is 0 Å². The molecule has 0 N–H and O–H groups in total. The maximum absolute atomic E-state index is 12.6. The minimum Gasteiger partial charge on any atom is -0.463 e. The van der Waals surface area contributed by atoms with Crippen molar-refractivity contribution in [3.8, 4) is 22.6 Å². The normalized spacial score (nSPS) is 12.8. The number of ether oxygens (including phenoxy) is 2. The lowest BCUT2D eigenvalue weighted by molar-refractivity contribution is 0.174. The molecule has 0 fully saturated rings. The molecule has 20 heavy (non-hydrogen) atoms. The molecule has 0 aliphatic carbocycles. The lowest BCUT2D eigenvalue weighted by Gasteiger charge is -2.05. The maximum Gasteiger partial charge on any atom is 0.231 e. The number of para-hydroxylation sites is 2. The summed E-state index contributed by atoms with van der Waals surface area (Å²) in [6.07, 6.45) is 1.47. The molecule has 2 aromatic carbocycles. The van der Waals surface area contributed by atoms with E-state index in [2.05, 4.69) is 0 Å². The molecule has 4 nitrogen and oxygen atoms in total. The number of hydrogen-bond acceptors (Lipinski definition) is 4. The van der Waals surface area contributed by atoms with Crippen LogP contribution in [0, 0.1) is 0 Å². The Bertz CT molecular complexity index is 864. The number of hydrogen-bond donors (Lipinski definition) is 0. The maximum atomic E-state index is 12.6. The third-order valence-electron chi connectivity index (χ3n) is 3.37. The van der Waals surface area contributed by atoms with E-state index in [1.165, 1.54) is 6.26 Å². The Morgan fingerprint density at radius 2 is 1.80 bits per heavy atom. The Hall–Kier alpha value is -2.75. The lowest BCUT2D eigenvalue weighted by Crippen LogP contribution is -2.05. The Morgan fingerprint density at radius 3 is 2.75 bits per heavy atom. The van der Waals surface area contributed by atoms with E-state index in [-0.39, 0.29) is 12.2 Å². The highest BCUT2D eigenvalue weighted by Crippen LogP contribution is 2.40. The fourth-order valence-corrected chi connectivity index (χ4v) is 2.41. The van der Waals surface area contributed by atoms with Gasteiger partial charge in [-0.2, -0.15) is 0 Å². The molecule has 4 heteroatoms. The average Bonchev–Trinajstić information content (AvgIpc) is 2.97. The van der Waals surface area contributed by atoms with Gasteiger partial charge in [0.05, 0.1) is 10.9 Å². The second-order valence-corrected chi connectivity index (χ2v) is 4.51. The third kappa shape index (κ3) is 1.51. The van der Waals surface area contributed by atoms with E-state index in [1.807, 2.05) is 30.3 Å². The van der Waals surface area contributed by atoms with E-state index in [0.29, 0.717) is 33.6 Å². The molecule has 1 aliphatic rings. The van der Waals surface area contributed by atoms with Crippen LogP contribution in [0.4, 0.5) is 0 Å². The van der Waals surface area contributed by atoms with Gasteiger partial charge in [0, 0.05) is 5.56 Å². The second kappa shape index (κ2) is 4.13. The lowest BCUT2D eigenvalue weighted by atomic mass is 10.0. The molecule has 4 rings (SSSR count). The minimum absolute atomic E-state index is 0.0734. The summed E-state index contributed by atoms with van der Waals surface area (Å²) in [5.74, 6) is 1.24. The zero-order valence-corrected chi connectivity index (χ0v) is 10.5. The van der Waals surface area contributed by atoms with E-state index in [1.54, 1.807) is 12.1 Å². The molecule has 2 heterocycles. The highest BCUT2D eigenvalue weighted by Gasteiger charge is 2.20. The van der Waals surface area contributed by atoms with Crippen LogP contribution in [0.15, 0.2) is 57.9 Å². The number of rotatable bonds is 1. The molecular weight excluding hydrogens is 256 g/mol. The van der Waals surface area contributed by atoms with Gasteiger partial charge in [-0.3, -0.25) is 4.79 Å². The monoisotopic (exact) mass is 266 g/mol. The number of benzene rings is 2. The fraction of sp³-hybridized carbons (Fsp3) is 0.0625. The van der Waals surface area contributed by atoms with E-state index in [0.717, 1.165) is 0 Å². The van der Waals surface area contributed by atoms with Crippen LogP contribution in [0.5, 0.6) is 11.5 Å². The molecule has 0 saturated heterocycles. The van der Waals surface area contributed by atoms with Crippen molar-refractivity contribution in [2.45, 2.75) is 0 Å². The van der Waals surface area contributed by atoms with E-state index in [9.17, 15) is 4.79 Å².